The van der Waals surface area contributed by atoms with Gasteiger partial charge in [0.05, 0.1) is 5.52 Å². The summed E-state index contributed by atoms with van der Waals surface area (Å²) >= 11 is 0. The molecule has 0 bridgehead atoms. The molecule has 0 fully saturated rings. The molecule has 4 heteroatoms. The molecule has 3 rings (SSSR count). The van der Waals surface area contributed by atoms with E-state index in [9.17, 15) is 9.18 Å². The number of para-hydroxylation sites is 1. The van der Waals surface area contributed by atoms with Crippen molar-refractivity contribution in [2.45, 2.75) is 6.92 Å². The number of rotatable bonds is 2. The average molecular weight is 282 g/mol. The van der Waals surface area contributed by atoms with Crippen LogP contribution in [0, 0.1) is 12.7 Å². The molecule has 0 aliphatic heterocycles. The van der Waals surface area contributed by atoms with E-state index in [4.69, 9.17) is 0 Å². The van der Waals surface area contributed by atoms with E-state index in [0.717, 1.165) is 11.3 Å². The number of carbonyl (C=O) groups excluding carboxylic acids is 1. The van der Waals surface area contributed by atoms with Crippen LogP contribution in [0.1, 0.15) is 16.1 Å². The van der Waals surface area contributed by atoms with Crippen molar-refractivity contribution in [3.05, 3.63) is 65.6 Å². The third-order valence-electron chi connectivity index (χ3n) is 3.66. The maximum atomic E-state index is 13.8. The minimum atomic E-state index is -0.321. The fourth-order valence-corrected chi connectivity index (χ4v) is 2.44. The highest BCUT2D eigenvalue weighted by Crippen LogP contribution is 2.23. The smallest absolute Gasteiger partial charge is 0.272 e. The van der Waals surface area contributed by atoms with Gasteiger partial charge >= 0.3 is 0 Å². The fraction of sp³-hybridized carbons (Fsp3) is 0.118. The molecule has 1 heterocycles. The Morgan fingerprint density at radius 1 is 1.14 bits per heavy atom. The molecule has 0 saturated carbocycles. The van der Waals surface area contributed by atoms with Crippen LogP contribution in [0.25, 0.3) is 10.9 Å². The summed E-state index contributed by atoms with van der Waals surface area (Å²) in [5.41, 5.74) is 2.87. The Kier molecular flexibility index (Phi) is 3.22. The lowest BCUT2D eigenvalue weighted by atomic mass is 10.2. The molecule has 0 saturated heterocycles. The van der Waals surface area contributed by atoms with Gasteiger partial charge in [-0.15, -0.1) is 0 Å². The number of amides is 1. The number of carbonyl (C=O) groups is 1. The molecular weight excluding hydrogens is 267 g/mol. The first-order valence-electron chi connectivity index (χ1n) is 6.69. The number of hydrogen-bond donors (Lipinski definition) is 1. The van der Waals surface area contributed by atoms with E-state index >= 15 is 0 Å². The number of aryl methyl sites for hydroxylation is 2. The quantitative estimate of drug-likeness (QED) is 0.760. The second-order valence-corrected chi connectivity index (χ2v) is 5.03. The van der Waals surface area contributed by atoms with E-state index in [1.165, 1.54) is 6.07 Å². The molecule has 21 heavy (non-hydrogen) atoms. The van der Waals surface area contributed by atoms with Crippen LogP contribution in [-0.2, 0) is 7.05 Å². The van der Waals surface area contributed by atoms with Gasteiger partial charge in [0.1, 0.15) is 11.5 Å². The van der Waals surface area contributed by atoms with Crippen molar-refractivity contribution >= 4 is 22.5 Å². The van der Waals surface area contributed by atoms with Gasteiger partial charge in [-0.05, 0) is 36.8 Å². The SMILES string of the molecule is Cc1ccccc1NC(=O)c1cc2c(F)cccc2n1C. The first-order valence-corrected chi connectivity index (χ1v) is 6.69. The summed E-state index contributed by atoms with van der Waals surface area (Å²) in [7, 11) is 1.76. The van der Waals surface area contributed by atoms with E-state index in [0.29, 0.717) is 16.6 Å². The van der Waals surface area contributed by atoms with Gasteiger partial charge in [-0.1, -0.05) is 24.3 Å². The first-order chi connectivity index (χ1) is 10.1. The van der Waals surface area contributed by atoms with Crippen molar-refractivity contribution in [3.8, 4) is 0 Å². The highest BCUT2D eigenvalue weighted by atomic mass is 19.1. The van der Waals surface area contributed by atoms with Gasteiger partial charge in [0.25, 0.3) is 5.91 Å². The lowest BCUT2D eigenvalue weighted by Crippen LogP contribution is -2.16. The fourth-order valence-electron chi connectivity index (χ4n) is 2.44. The number of nitrogens with zero attached hydrogens (tertiary/aromatic N) is 1. The van der Waals surface area contributed by atoms with Gasteiger partial charge in [0, 0.05) is 18.1 Å². The van der Waals surface area contributed by atoms with Gasteiger partial charge in [-0.2, -0.15) is 0 Å². The van der Waals surface area contributed by atoms with E-state index in [1.807, 2.05) is 31.2 Å². The van der Waals surface area contributed by atoms with Gasteiger partial charge in [0.15, 0.2) is 0 Å². The summed E-state index contributed by atoms with van der Waals surface area (Å²) in [6, 6.07) is 14.0. The van der Waals surface area contributed by atoms with Gasteiger partial charge in [0.2, 0.25) is 0 Å². The standard InChI is InChI=1S/C17H15FN2O/c1-11-6-3-4-8-14(11)19-17(21)16-10-12-13(18)7-5-9-15(12)20(16)2/h3-10H,1-2H3,(H,19,21). The predicted octanol–water partition coefficient (Wildman–Crippen LogP) is 3.88. The van der Waals surface area contributed by atoms with Gasteiger partial charge < -0.3 is 9.88 Å². The summed E-state index contributed by atoms with van der Waals surface area (Å²) < 4.78 is 15.5. The summed E-state index contributed by atoms with van der Waals surface area (Å²) in [4.78, 5) is 12.4. The number of hydrogen-bond acceptors (Lipinski definition) is 1. The number of fused-ring (bicyclic) bond motifs is 1. The molecule has 106 valence electrons. The molecule has 1 aromatic heterocycles. The second kappa shape index (κ2) is 5.05. The van der Waals surface area contributed by atoms with Crippen molar-refractivity contribution in [1.82, 2.24) is 4.57 Å². The Bertz CT molecular complexity index is 836. The van der Waals surface area contributed by atoms with Gasteiger partial charge in [-0.25, -0.2) is 4.39 Å². The zero-order chi connectivity index (χ0) is 15.0. The number of aromatic nitrogens is 1. The predicted molar refractivity (Wildman–Crippen MR) is 82.0 cm³/mol. The molecule has 0 aliphatic rings. The number of anilines is 1. The average Bonchev–Trinajstić information content (AvgIpc) is 2.81. The molecule has 1 N–H and O–H groups in total. The van der Waals surface area contributed by atoms with Crippen LogP contribution in [0.4, 0.5) is 10.1 Å². The van der Waals surface area contributed by atoms with Crippen molar-refractivity contribution < 1.29 is 9.18 Å². The van der Waals surface area contributed by atoms with E-state index < -0.39 is 0 Å². The van der Waals surface area contributed by atoms with Crippen LogP contribution in [0.15, 0.2) is 48.5 Å². The monoisotopic (exact) mass is 282 g/mol. The zero-order valence-corrected chi connectivity index (χ0v) is 11.9. The molecule has 0 aliphatic carbocycles. The Labute approximate surface area is 122 Å². The minimum Gasteiger partial charge on any atom is -0.340 e. The highest BCUT2D eigenvalue weighted by Gasteiger charge is 2.15. The van der Waals surface area contributed by atoms with Crippen molar-refractivity contribution in [2.75, 3.05) is 5.32 Å². The molecule has 0 spiro atoms. The Morgan fingerprint density at radius 3 is 2.62 bits per heavy atom. The molecular formula is C17H15FN2O. The Morgan fingerprint density at radius 2 is 1.90 bits per heavy atom. The molecule has 0 atom stereocenters. The Hall–Kier alpha value is -2.62. The first kappa shape index (κ1) is 13.4. The van der Waals surface area contributed by atoms with Crippen molar-refractivity contribution in [2.24, 2.45) is 7.05 Å². The zero-order valence-electron chi connectivity index (χ0n) is 11.9. The number of halogens is 1. The van der Waals surface area contributed by atoms with E-state index in [1.54, 1.807) is 29.8 Å². The summed E-state index contributed by atoms with van der Waals surface area (Å²) in [6.45, 7) is 1.93. The Balaban J connectivity index is 2.01. The molecule has 0 radical (unpaired) electrons. The molecule has 2 aromatic carbocycles. The molecule has 3 nitrogen and oxygen atoms in total. The van der Waals surface area contributed by atoms with Gasteiger partial charge in [-0.3, -0.25) is 4.79 Å². The normalized spacial score (nSPS) is 10.8. The highest BCUT2D eigenvalue weighted by molar-refractivity contribution is 6.06. The summed E-state index contributed by atoms with van der Waals surface area (Å²) in [5, 5.41) is 3.32. The maximum absolute atomic E-state index is 13.8. The van der Waals surface area contributed by atoms with E-state index in [2.05, 4.69) is 5.32 Å². The molecule has 1 amide bonds. The summed E-state index contributed by atoms with van der Waals surface area (Å²) in [5.74, 6) is -0.569. The maximum Gasteiger partial charge on any atom is 0.272 e. The third kappa shape index (κ3) is 2.29. The number of benzene rings is 2. The summed E-state index contributed by atoms with van der Waals surface area (Å²) in [6.07, 6.45) is 0. The second-order valence-electron chi connectivity index (χ2n) is 5.03. The topological polar surface area (TPSA) is 34.0 Å². The molecule has 3 aromatic rings. The minimum absolute atomic E-state index is 0.248. The van der Waals surface area contributed by atoms with Crippen LogP contribution in [0.5, 0.6) is 0 Å². The molecule has 0 unspecified atom stereocenters. The van der Waals surface area contributed by atoms with Crippen LogP contribution < -0.4 is 5.32 Å². The number of nitrogens with one attached hydrogen (secondary N) is 1. The lowest BCUT2D eigenvalue weighted by molar-refractivity contribution is 0.101. The van der Waals surface area contributed by atoms with Crippen LogP contribution >= 0.6 is 0 Å². The third-order valence-corrected chi connectivity index (χ3v) is 3.66. The largest absolute Gasteiger partial charge is 0.340 e. The van der Waals surface area contributed by atoms with Crippen LogP contribution in [0.2, 0.25) is 0 Å². The van der Waals surface area contributed by atoms with Crippen molar-refractivity contribution in [1.29, 1.82) is 0 Å². The van der Waals surface area contributed by atoms with Crippen LogP contribution in [0.3, 0.4) is 0 Å². The van der Waals surface area contributed by atoms with Crippen molar-refractivity contribution in [3.63, 3.8) is 0 Å². The lowest BCUT2D eigenvalue weighted by Gasteiger charge is -2.08. The van der Waals surface area contributed by atoms with E-state index in [-0.39, 0.29) is 11.7 Å². The van der Waals surface area contributed by atoms with Crippen LogP contribution in [-0.4, -0.2) is 10.5 Å².